The van der Waals surface area contributed by atoms with Gasteiger partial charge in [-0.05, 0) is 30.2 Å². The van der Waals surface area contributed by atoms with Crippen molar-refractivity contribution in [3.63, 3.8) is 0 Å². The quantitative estimate of drug-likeness (QED) is 0.783. The maximum absolute atomic E-state index is 13.8. The Morgan fingerprint density at radius 1 is 1.30 bits per heavy atom. The Morgan fingerprint density at radius 3 is 2.85 bits per heavy atom. The van der Waals surface area contributed by atoms with Gasteiger partial charge in [0.25, 0.3) is 5.91 Å². The molecule has 0 spiro atoms. The smallest absolute Gasteiger partial charge is 0.261 e. The van der Waals surface area contributed by atoms with Crippen LogP contribution in [0.2, 0.25) is 0 Å². The van der Waals surface area contributed by atoms with Gasteiger partial charge in [-0.3, -0.25) is 4.79 Å². The summed E-state index contributed by atoms with van der Waals surface area (Å²) in [6.07, 6.45) is 0.700. The zero-order chi connectivity index (χ0) is 14.3. The summed E-state index contributed by atoms with van der Waals surface area (Å²) in [5.41, 5.74) is 7.99. The van der Waals surface area contributed by atoms with E-state index in [4.69, 9.17) is 5.73 Å². The van der Waals surface area contributed by atoms with Crippen LogP contribution < -0.4 is 10.6 Å². The standard InChI is InChI=1S/C15H13FN2O2/c16-12-8-10(19)4-5-11(12)15(20)18-7-6-9-2-1-3-13(17)14(9)18/h1-5,8,19H,6-7,17H2. The lowest BCUT2D eigenvalue weighted by Crippen LogP contribution is -2.30. The number of anilines is 2. The molecular weight excluding hydrogens is 259 g/mol. The van der Waals surface area contributed by atoms with Crippen LogP contribution in [-0.2, 0) is 6.42 Å². The molecule has 0 radical (unpaired) electrons. The van der Waals surface area contributed by atoms with Gasteiger partial charge in [-0.25, -0.2) is 4.39 Å². The minimum atomic E-state index is -0.738. The number of benzene rings is 2. The first-order valence-electron chi connectivity index (χ1n) is 6.25. The molecule has 0 saturated carbocycles. The number of para-hydroxylation sites is 1. The van der Waals surface area contributed by atoms with Crippen molar-refractivity contribution in [3.8, 4) is 5.75 Å². The second-order valence-corrected chi connectivity index (χ2v) is 4.73. The van der Waals surface area contributed by atoms with Gasteiger partial charge in [-0.1, -0.05) is 12.1 Å². The third-order valence-corrected chi connectivity index (χ3v) is 3.45. The van der Waals surface area contributed by atoms with Gasteiger partial charge in [0.15, 0.2) is 0 Å². The van der Waals surface area contributed by atoms with E-state index < -0.39 is 11.7 Å². The molecule has 2 aromatic rings. The van der Waals surface area contributed by atoms with Crippen LogP contribution in [0, 0.1) is 5.82 Å². The maximum atomic E-state index is 13.8. The highest BCUT2D eigenvalue weighted by Crippen LogP contribution is 2.35. The number of amides is 1. The third kappa shape index (κ3) is 1.87. The van der Waals surface area contributed by atoms with E-state index in [0.717, 1.165) is 11.6 Å². The molecule has 20 heavy (non-hydrogen) atoms. The molecule has 2 aromatic carbocycles. The van der Waals surface area contributed by atoms with Gasteiger partial charge < -0.3 is 15.7 Å². The van der Waals surface area contributed by atoms with E-state index in [2.05, 4.69) is 0 Å². The first-order valence-corrected chi connectivity index (χ1v) is 6.25. The average Bonchev–Trinajstić information content (AvgIpc) is 2.83. The van der Waals surface area contributed by atoms with E-state index in [1.807, 2.05) is 12.1 Å². The number of nitrogens with two attached hydrogens (primary N) is 1. The summed E-state index contributed by atoms with van der Waals surface area (Å²) in [5.74, 6) is -1.39. The van der Waals surface area contributed by atoms with E-state index in [0.29, 0.717) is 24.3 Å². The Bertz CT molecular complexity index is 700. The maximum Gasteiger partial charge on any atom is 0.261 e. The van der Waals surface area contributed by atoms with E-state index >= 15 is 0 Å². The Morgan fingerprint density at radius 2 is 2.10 bits per heavy atom. The van der Waals surface area contributed by atoms with Crippen LogP contribution in [0.1, 0.15) is 15.9 Å². The molecule has 0 saturated heterocycles. The molecule has 0 aromatic heterocycles. The topological polar surface area (TPSA) is 66.6 Å². The van der Waals surface area contributed by atoms with Crippen molar-refractivity contribution in [1.29, 1.82) is 0 Å². The van der Waals surface area contributed by atoms with Gasteiger partial charge in [0.1, 0.15) is 11.6 Å². The Balaban J connectivity index is 2.02. The van der Waals surface area contributed by atoms with Crippen LogP contribution in [0.15, 0.2) is 36.4 Å². The van der Waals surface area contributed by atoms with Crippen molar-refractivity contribution in [1.82, 2.24) is 0 Å². The number of hydrogen-bond donors (Lipinski definition) is 2. The largest absolute Gasteiger partial charge is 0.508 e. The van der Waals surface area contributed by atoms with Crippen LogP contribution in [0.4, 0.5) is 15.8 Å². The molecule has 1 amide bonds. The van der Waals surface area contributed by atoms with Gasteiger partial charge in [0.05, 0.1) is 16.9 Å². The van der Waals surface area contributed by atoms with Gasteiger partial charge >= 0.3 is 0 Å². The molecule has 0 atom stereocenters. The van der Waals surface area contributed by atoms with Gasteiger partial charge in [-0.15, -0.1) is 0 Å². The number of halogens is 1. The van der Waals surface area contributed by atoms with Gasteiger partial charge in [0.2, 0.25) is 0 Å². The fourth-order valence-corrected chi connectivity index (χ4v) is 2.51. The van der Waals surface area contributed by atoms with Crippen molar-refractivity contribution < 1.29 is 14.3 Å². The van der Waals surface area contributed by atoms with Crippen molar-refractivity contribution in [2.45, 2.75) is 6.42 Å². The van der Waals surface area contributed by atoms with Crippen molar-refractivity contribution in [2.75, 3.05) is 17.2 Å². The Kier molecular flexibility index (Phi) is 2.82. The average molecular weight is 272 g/mol. The van der Waals surface area contributed by atoms with Crippen LogP contribution in [0.3, 0.4) is 0 Å². The summed E-state index contributed by atoms with van der Waals surface area (Å²) < 4.78 is 13.8. The van der Waals surface area contributed by atoms with Crippen LogP contribution in [0.25, 0.3) is 0 Å². The molecule has 3 rings (SSSR count). The van der Waals surface area contributed by atoms with E-state index in [9.17, 15) is 14.3 Å². The highest BCUT2D eigenvalue weighted by molar-refractivity contribution is 6.09. The fraction of sp³-hybridized carbons (Fsp3) is 0.133. The molecule has 0 unspecified atom stereocenters. The highest BCUT2D eigenvalue weighted by atomic mass is 19.1. The second kappa shape index (κ2) is 4.52. The second-order valence-electron chi connectivity index (χ2n) is 4.73. The lowest BCUT2D eigenvalue weighted by Gasteiger charge is -2.19. The molecule has 3 N–H and O–H groups in total. The minimum absolute atomic E-state index is 0.0705. The predicted molar refractivity (Wildman–Crippen MR) is 74.3 cm³/mol. The van der Waals surface area contributed by atoms with Gasteiger partial charge in [0, 0.05) is 12.6 Å². The number of nitrogen functional groups attached to an aromatic ring is 1. The van der Waals surface area contributed by atoms with Crippen molar-refractivity contribution in [2.24, 2.45) is 0 Å². The highest BCUT2D eigenvalue weighted by Gasteiger charge is 2.28. The summed E-state index contributed by atoms with van der Waals surface area (Å²) in [6, 6.07) is 8.97. The molecule has 1 heterocycles. The zero-order valence-corrected chi connectivity index (χ0v) is 10.6. The molecule has 5 heteroatoms. The lowest BCUT2D eigenvalue weighted by atomic mass is 10.1. The normalized spacial score (nSPS) is 13.3. The van der Waals surface area contributed by atoms with E-state index in [1.54, 1.807) is 6.07 Å². The van der Waals surface area contributed by atoms with Crippen LogP contribution in [-0.4, -0.2) is 17.6 Å². The summed E-state index contributed by atoms with van der Waals surface area (Å²) >= 11 is 0. The SMILES string of the molecule is Nc1cccc2c1N(C(=O)c1ccc(O)cc1F)CC2. The monoisotopic (exact) mass is 272 g/mol. The first kappa shape index (κ1) is 12.5. The Labute approximate surface area is 115 Å². The summed E-state index contributed by atoms with van der Waals surface area (Å²) in [7, 11) is 0. The predicted octanol–water partition coefficient (Wildman–Crippen LogP) is 2.32. The molecule has 102 valence electrons. The fourth-order valence-electron chi connectivity index (χ4n) is 2.51. The molecule has 1 aliphatic rings. The minimum Gasteiger partial charge on any atom is -0.508 e. The lowest BCUT2D eigenvalue weighted by molar-refractivity contribution is 0.0985. The number of phenols is 1. The molecule has 0 aliphatic carbocycles. The number of rotatable bonds is 1. The van der Waals surface area contributed by atoms with Crippen molar-refractivity contribution in [3.05, 3.63) is 53.3 Å². The summed E-state index contributed by atoms with van der Waals surface area (Å²) in [4.78, 5) is 13.9. The van der Waals surface area contributed by atoms with E-state index in [1.165, 1.54) is 17.0 Å². The molecule has 4 nitrogen and oxygen atoms in total. The number of carbonyl (C=O) groups is 1. The Hall–Kier alpha value is -2.56. The number of hydrogen-bond acceptors (Lipinski definition) is 3. The van der Waals surface area contributed by atoms with Gasteiger partial charge in [-0.2, -0.15) is 0 Å². The molecule has 1 aliphatic heterocycles. The number of aromatic hydroxyl groups is 1. The number of phenolic OH excluding ortho intramolecular Hbond substituents is 1. The van der Waals surface area contributed by atoms with E-state index in [-0.39, 0.29) is 11.3 Å². The van der Waals surface area contributed by atoms with Crippen LogP contribution in [0.5, 0.6) is 5.75 Å². The number of fused-ring (bicyclic) bond motifs is 1. The number of nitrogens with zero attached hydrogens (tertiary/aromatic N) is 1. The zero-order valence-electron chi connectivity index (χ0n) is 10.6. The third-order valence-electron chi connectivity index (χ3n) is 3.45. The molecular formula is C15H13FN2O2. The van der Waals surface area contributed by atoms with Crippen molar-refractivity contribution >= 4 is 17.3 Å². The molecule has 0 bridgehead atoms. The first-order chi connectivity index (χ1) is 9.58. The summed E-state index contributed by atoms with van der Waals surface area (Å²) in [6.45, 7) is 0.475. The summed E-state index contributed by atoms with van der Waals surface area (Å²) in [5, 5.41) is 9.20. The number of carbonyl (C=O) groups excluding carboxylic acids is 1. The van der Waals surface area contributed by atoms with Crippen LogP contribution >= 0.6 is 0 Å². The molecule has 0 fully saturated rings.